The molecule has 0 saturated heterocycles. The van der Waals surface area contributed by atoms with Crippen LogP contribution in [-0.2, 0) is 0 Å². The predicted octanol–water partition coefficient (Wildman–Crippen LogP) is 5.75. The van der Waals surface area contributed by atoms with Crippen molar-refractivity contribution in [1.29, 1.82) is 0 Å². The summed E-state index contributed by atoms with van der Waals surface area (Å²) in [7, 11) is 0. The molecule has 1 aliphatic rings. The molecule has 3 rings (SSSR count). The Hall–Kier alpha value is -1.56. The molecule has 0 radical (unpaired) electrons. The average Bonchev–Trinajstić information content (AvgIpc) is 2.68. The Morgan fingerprint density at radius 2 is 1.67 bits per heavy atom. The third kappa shape index (κ3) is 4.65. The van der Waals surface area contributed by atoms with Gasteiger partial charge in [-0.15, -0.1) is 0 Å². The van der Waals surface area contributed by atoms with E-state index in [1.165, 1.54) is 25.7 Å². The van der Waals surface area contributed by atoms with E-state index in [9.17, 15) is 5.11 Å². The molecule has 1 heterocycles. The molecule has 0 saturated carbocycles. The number of unbranched alkanes of at least 4 members (excludes halogenated alkanes) is 2. The van der Waals surface area contributed by atoms with E-state index < -0.39 is 19.1 Å². The molecule has 146 valence electrons. The van der Waals surface area contributed by atoms with Crippen molar-refractivity contribution < 1.29 is 8.18 Å². The second-order valence-corrected chi connectivity index (χ2v) is 17.7. The van der Waals surface area contributed by atoms with Gasteiger partial charge in [0.1, 0.15) is 0 Å². The van der Waals surface area contributed by atoms with E-state index in [0.29, 0.717) is 5.75 Å². The molecule has 0 bridgehead atoms. The van der Waals surface area contributed by atoms with Gasteiger partial charge in [0, 0.05) is 0 Å². The summed E-state index contributed by atoms with van der Waals surface area (Å²) in [6.07, 6.45) is 4.70. The van der Waals surface area contributed by atoms with Gasteiger partial charge in [0.05, 0.1) is 0 Å². The zero-order valence-corrected chi connectivity index (χ0v) is 19.4. The summed E-state index contributed by atoms with van der Waals surface area (Å²) in [5, 5.41) is 14.1. The minimum absolute atomic E-state index is 0.365. The van der Waals surface area contributed by atoms with E-state index in [0.717, 1.165) is 39.1 Å². The Kier molecular flexibility index (Phi) is 7.16. The zero-order valence-electron chi connectivity index (χ0n) is 16.6. The van der Waals surface area contributed by atoms with E-state index in [-0.39, 0.29) is 0 Å². The van der Waals surface area contributed by atoms with Gasteiger partial charge in [0.15, 0.2) is 0 Å². The molecule has 0 fully saturated rings. The van der Waals surface area contributed by atoms with Gasteiger partial charge in [-0.25, -0.2) is 0 Å². The molecule has 0 atom stereocenters. The number of phenols is 1. The fourth-order valence-electron chi connectivity index (χ4n) is 3.90. The molecule has 4 nitrogen and oxygen atoms in total. The van der Waals surface area contributed by atoms with Gasteiger partial charge in [0.2, 0.25) is 0 Å². The van der Waals surface area contributed by atoms with Crippen LogP contribution in [0.3, 0.4) is 0 Å². The quantitative estimate of drug-likeness (QED) is 0.501. The molecular weight excluding hydrogens is 443 g/mol. The van der Waals surface area contributed by atoms with Crippen LogP contribution in [0.4, 0.5) is 11.4 Å². The summed E-state index contributed by atoms with van der Waals surface area (Å²) in [4.78, 5) is 0. The molecule has 27 heavy (non-hydrogen) atoms. The molecule has 1 aliphatic heterocycles. The number of hydrogen-bond donors (Lipinski definition) is 2. The fraction of sp³-hybridized carbons (Fsp3) is 0.455. The SMILES string of the molecule is CCC[CH2][Sn]1([CH2]CCC)[O]c2ccccc2NCC[N]1c1ccccc1O. The monoisotopic (exact) mass is 476 g/mol. The molecule has 2 aromatic rings. The van der Waals surface area contributed by atoms with Crippen molar-refractivity contribution in [3.8, 4) is 11.5 Å². The number of hydrogen-bond acceptors (Lipinski definition) is 4. The van der Waals surface area contributed by atoms with E-state index in [2.05, 4.69) is 52.6 Å². The number of nitrogens with zero attached hydrogens (tertiary/aromatic N) is 1. The van der Waals surface area contributed by atoms with Gasteiger partial charge in [-0.05, 0) is 0 Å². The summed E-state index contributed by atoms with van der Waals surface area (Å²) in [6.45, 7) is 6.23. The van der Waals surface area contributed by atoms with Crippen LogP contribution in [0, 0.1) is 0 Å². The molecule has 0 amide bonds. The van der Waals surface area contributed by atoms with Gasteiger partial charge in [-0.1, -0.05) is 0 Å². The Labute approximate surface area is 168 Å². The molecule has 0 unspecified atom stereocenters. The second kappa shape index (κ2) is 9.58. The van der Waals surface area contributed by atoms with Crippen molar-refractivity contribution in [2.24, 2.45) is 0 Å². The Morgan fingerprint density at radius 1 is 1.00 bits per heavy atom. The normalized spacial score (nSPS) is 15.9. The van der Waals surface area contributed by atoms with Crippen molar-refractivity contribution in [2.75, 3.05) is 21.5 Å². The number of fused-ring (bicyclic) bond motifs is 1. The van der Waals surface area contributed by atoms with E-state index >= 15 is 0 Å². The number of para-hydroxylation sites is 4. The van der Waals surface area contributed by atoms with Crippen LogP contribution in [0.1, 0.15) is 39.5 Å². The third-order valence-corrected chi connectivity index (χ3v) is 17.7. The van der Waals surface area contributed by atoms with E-state index in [1.54, 1.807) is 6.07 Å². The molecule has 0 spiro atoms. The maximum atomic E-state index is 10.6. The maximum absolute atomic E-state index is 10.6. The van der Waals surface area contributed by atoms with Crippen LogP contribution in [0.2, 0.25) is 8.87 Å². The zero-order chi connectivity index (χ0) is 19.1. The summed E-state index contributed by atoms with van der Waals surface area (Å²) in [6, 6.07) is 16.1. The fourth-order valence-corrected chi connectivity index (χ4v) is 17.2. The molecule has 5 heteroatoms. The number of nitrogens with one attached hydrogen (secondary N) is 1. The van der Waals surface area contributed by atoms with Gasteiger partial charge in [-0.2, -0.15) is 0 Å². The summed E-state index contributed by atoms with van der Waals surface area (Å²) in [5.74, 6) is 1.35. The van der Waals surface area contributed by atoms with Crippen LogP contribution in [-0.4, -0.2) is 37.3 Å². The van der Waals surface area contributed by atoms with Crippen LogP contribution in [0.25, 0.3) is 0 Å². The Morgan fingerprint density at radius 3 is 2.37 bits per heavy atom. The van der Waals surface area contributed by atoms with Gasteiger partial charge in [0.25, 0.3) is 0 Å². The van der Waals surface area contributed by atoms with E-state index in [4.69, 9.17) is 3.07 Å². The van der Waals surface area contributed by atoms with Gasteiger partial charge >= 0.3 is 169 Å². The van der Waals surface area contributed by atoms with Crippen molar-refractivity contribution in [1.82, 2.24) is 0 Å². The first-order valence-electron chi connectivity index (χ1n) is 10.3. The van der Waals surface area contributed by atoms with Gasteiger partial charge < -0.3 is 0 Å². The van der Waals surface area contributed by atoms with E-state index in [1.807, 2.05) is 12.1 Å². The molecule has 0 aromatic heterocycles. The van der Waals surface area contributed by atoms with Crippen LogP contribution in [0.5, 0.6) is 11.5 Å². The van der Waals surface area contributed by atoms with Crippen molar-refractivity contribution in [2.45, 2.75) is 48.4 Å². The second-order valence-electron chi connectivity index (χ2n) is 7.32. The first-order valence-corrected chi connectivity index (χ1v) is 16.8. The number of anilines is 2. The Balaban J connectivity index is 2.08. The number of rotatable bonds is 7. The van der Waals surface area contributed by atoms with Gasteiger partial charge in [-0.3, -0.25) is 0 Å². The molecule has 2 aromatic carbocycles. The first kappa shape index (κ1) is 20.2. The summed E-state index contributed by atoms with van der Waals surface area (Å²) < 4.78 is 11.8. The molecular formula is C22H32N2O2Sn. The summed E-state index contributed by atoms with van der Waals surface area (Å²) >= 11 is -3.28. The van der Waals surface area contributed by atoms with Crippen molar-refractivity contribution in [3.63, 3.8) is 0 Å². The predicted molar refractivity (Wildman–Crippen MR) is 116 cm³/mol. The molecule has 2 N–H and O–H groups in total. The summed E-state index contributed by atoms with van der Waals surface area (Å²) in [5.41, 5.74) is 2.05. The topological polar surface area (TPSA) is 44.7 Å². The number of aromatic hydroxyl groups is 1. The first-order chi connectivity index (χ1) is 13.2. The Bertz CT molecular complexity index is 730. The molecule has 0 aliphatic carbocycles. The average molecular weight is 475 g/mol. The number of benzene rings is 2. The third-order valence-electron chi connectivity index (χ3n) is 5.34. The van der Waals surface area contributed by atoms with Crippen LogP contribution < -0.4 is 11.5 Å². The van der Waals surface area contributed by atoms with Crippen molar-refractivity contribution in [3.05, 3.63) is 48.5 Å². The number of phenolic OH excluding ortho intramolecular Hbond substituents is 1. The minimum atomic E-state index is -3.28. The van der Waals surface area contributed by atoms with Crippen LogP contribution >= 0.6 is 0 Å². The van der Waals surface area contributed by atoms with Crippen molar-refractivity contribution >= 4 is 30.4 Å². The standard InChI is InChI=1S/C14H15N2O2.2C4H9.Sn/c17-13-7-3-1-5-11(13)15-9-10-16-12-6-2-4-8-14(12)18;2*1-3-4-2;/h1-8,15,17-18H,9-10H2;2*1,3-4H2,2H3;/q-1;;;+2/p-1. The van der Waals surface area contributed by atoms with Crippen LogP contribution in [0.15, 0.2) is 48.5 Å².